The van der Waals surface area contributed by atoms with Crippen LogP contribution in [0.4, 0.5) is 4.39 Å². The summed E-state index contributed by atoms with van der Waals surface area (Å²) in [6, 6.07) is 35.2. The number of likely N-dealkylation sites (N-methyl/N-ethyl adjacent to an activating group) is 1. The Hall–Kier alpha value is -4.00. The molecule has 0 aliphatic carbocycles. The van der Waals surface area contributed by atoms with Crippen LogP contribution in [0.15, 0.2) is 109 Å². The Kier molecular flexibility index (Phi) is 10.0. The number of ether oxygens (including phenoxy) is 1. The molecule has 4 aromatic rings. The van der Waals surface area contributed by atoms with E-state index in [9.17, 15) is 9.18 Å². The van der Waals surface area contributed by atoms with Crippen LogP contribution in [0.5, 0.6) is 5.75 Å². The molecular weight excluding hydrogens is 525 g/mol. The SMILES string of the molecule is CN(C)C(CNC(=O)c1ccc(OC2CCN(CC(c3ccccc3)c3ccccc3)CC2)cc1)c1ccccc1F. The molecule has 0 radical (unpaired) electrons. The number of hydrogen-bond donors (Lipinski definition) is 1. The van der Waals surface area contributed by atoms with Crippen LogP contribution in [0.2, 0.25) is 0 Å². The molecule has 0 bridgehead atoms. The predicted octanol–water partition coefficient (Wildman–Crippen LogP) is 6.53. The number of halogens is 1. The Labute approximate surface area is 248 Å². The fourth-order valence-corrected chi connectivity index (χ4v) is 5.73. The molecule has 1 aliphatic heterocycles. The van der Waals surface area contributed by atoms with Crippen molar-refractivity contribution in [3.63, 3.8) is 0 Å². The lowest BCUT2D eigenvalue weighted by molar-refractivity contribution is 0.0940. The van der Waals surface area contributed by atoms with Crippen LogP contribution in [-0.4, -0.2) is 62.1 Å². The normalized spacial score (nSPS) is 15.1. The minimum absolute atomic E-state index is 0.148. The van der Waals surface area contributed by atoms with Crippen molar-refractivity contribution in [2.75, 3.05) is 40.3 Å². The lowest BCUT2D eigenvalue weighted by Gasteiger charge is -2.34. The molecule has 1 amide bonds. The van der Waals surface area contributed by atoms with E-state index in [0.717, 1.165) is 38.2 Å². The Morgan fingerprint density at radius 2 is 1.43 bits per heavy atom. The topological polar surface area (TPSA) is 44.8 Å². The number of hydrogen-bond acceptors (Lipinski definition) is 4. The highest BCUT2D eigenvalue weighted by atomic mass is 19.1. The van der Waals surface area contributed by atoms with Gasteiger partial charge in [0.05, 0.1) is 6.04 Å². The minimum Gasteiger partial charge on any atom is -0.490 e. The standard InChI is InChI=1S/C36H40FN3O2/c1-39(2)35(32-15-9-10-16-34(32)37)25-38-36(41)29-17-19-30(20-18-29)42-31-21-23-40(24-22-31)26-33(27-11-5-3-6-12-27)28-13-7-4-8-14-28/h3-20,31,33,35H,21-26H2,1-2H3,(H,38,41). The first-order valence-corrected chi connectivity index (χ1v) is 14.8. The van der Waals surface area contributed by atoms with Gasteiger partial charge < -0.3 is 19.9 Å². The maximum Gasteiger partial charge on any atom is 0.251 e. The van der Waals surface area contributed by atoms with Crippen molar-refractivity contribution in [3.05, 3.63) is 137 Å². The molecular formula is C36H40FN3O2. The number of carbonyl (C=O) groups is 1. The van der Waals surface area contributed by atoms with E-state index in [1.54, 1.807) is 24.3 Å². The number of likely N-dealkylation sites (tertiary alicyclic amines) is 1. The molecule has 0 aromatic heterocycles. The average Bonchev–Trinajstić information content (AvgIpc) is 3.02. The number of nitrogens with one attached hydrogen (secondary N) is 1. The Morgan fingerprint density at radius 3 is 2.00 bits per heavy atom. The molecule has 4 aromatic carbocycles. The first-order chi connectivity index (χ1) is 20.5. The molecule has 1 unspecified atom stereocenters. The molecule has 1 aliphatic rings. The van der Waals surface area contributed by atoms with E-state index in [1.165, 1.54) is 17.2 Å². The van der Waals surface area contributed by atoms with Gasteiger partial charge in [-0.05, 0) is 68.4 Å². The van der Waals surface area contributed by atoms with Gasteiger partial charge in [-0.3, -0.25) is 4.79 Å². The molecule has 5 nitrogen and oxygen atoms in total. The summed E-state index contributed by atoms with van der Waals surface area (Å²) in [5, 5.41) is 2.96. The van der Waals surface area contributed by atoms with Crippen molar-refractivity contribution in [1.29, 1.82) is 0 Å². The van der Waals surface area contributed by atoms with Crippen LogP contribution in [0, 0.1) is 5.82 Å². The summed E-state index contributed by atoms with van der Waals surface area (Å²) in [7, 11) is 3.76. The Balaban J connectivity index is 1.12. The number of amides is 1. The quantitative estimate of drug-likeness (QED) is 0.225. The van der Waals surface area contributed by atoms with Gasteiger partial charge in [-0.1, -0.05) is 78.9 Å². The number of rotatable bonds is 11. The number of piperidine rings is 1. The second-order valence-electron chi connectivity index (χ2n) is 11.2. The second-order valence-corrected chi connectivity index (χ2v) is 11.2. The molecule has 6 heteroatoms. The molecule has 42 heavy (non-hydrogen) atoms. The van der Waals surface area contributed by atoms with Gasteiger partial charge in [0.15, 0.2) is 0 Å². The van der Waals surface area contributed by atoms with Gasteiger partial charge in [-0.2, -0.15) is 0 Å². The maximum atomic E-state index is 14.3. The molecule has 1 saturated heterocycles. The van der Waals surface area contributed by atoms with E-state index in [0.29, 0.717) is 23.6 Å². The first-order valence-electron chi connectivity index (χ1n) is 14.8. The summed E-state index contributed by atoms with van der Waals surface area (Å²) >= 11 is 0. The Morgan fingerprint density at radius 1 is 0.857 bits per heavy atom. The summed E-state index contributed by atoms with van der Waals surface area (Å²) in [6.07, 6.45) is 2.07. The molecule has 1 fully saturated rings. The van der Waals surface area contributed by atoms with Crippen LogP contribution < -0.4 is 10.1 Å². The van der Waals surface area contributed by atoms with E-state index < -0.39 is 0 Å². The zero-order valence-electron chi connectivity index (χ0n) is 24.5. The summed E-state index contributed by atoms with van der Waals surface area (Å²) in [4.78, 5) is 17.3. The van der Waals surface area contributed by atoms with Crippen molar-refractivity contribution >= 4 is 5.91 Å². The van der Waals surface area contributed by atoms with E-state index in [2.05, 4.69) is 70.9 Å². The summed E-state index contributed by atoms with van der Waals surface area (Å²) < 4.78 is 20.7. The minimum atomic E-state index is -0.273. The zero-order valence-corrected chi connectivity index (χ0v) is 24.5. The summed E-state index contributed by atoms with van der Waals surface area (Å²) in [5.41, 5.74) is 3.80. The highest BCUT2D eigenvalue weighted by Gasteiger charge is 2.25. The lowest BCUT2D eigenvalue weighted by atomic mass is 9.90. The smallest absolute Gasteiger partial charge is 0.251 e. The zero-order chi connectivity index (χ0) is 29.3. The third-order valence-corrected chi connectivity index (χ3v) is 8.14. The van der Waals surface area contributed by atoms with Crippen LogP contribution in [-0.2, 0) is 0 Å². The van der Waals surface area contributed by atoms with Gasteiger partial charge in [-0.25, -0.2) is 4.39 Å². The van der Waals surface area contributed by atoms with Crippen molar-refractivity contribution < 1.29 is 13.9 Å². The van der Waals surface area contributed by atoms with Gasteiger partial charge in [0.25, 0.3) is 5.91 Å². The first kappa shape index (κ1) is 29.5. The third kappa shape index (κ3) is 7.64. The third-order valence-electron chi connectivity index (χ3n) is 8.14. The molecule has 1 heterocycles. The summed E-state index contributed by atoms with van der Waals surface area (Å²) in [5.74, 6) is 0.645. The van der Waals surface area contributed by atoms with Gasteiger partial charge in [0.1, 0.15) is 17.7 Å². The number of nitrogens with zero attached hydrogens (tertiary/aromatic N) is 2. The highest BCUT2D eigenvalue weighted by molar-refractivity contribution is 5.94. The van der Waals surface area contributed by atoms with Crippen molar-refractivity contribution in [3.8, 4) is 5.75 Å². The molecule has 0 saturated carbocycles. The molecule has 1 atom stereocenters. The second kappa shape index (κ2) is 14.3. The van der Waals surface area contributed by atoms with E-state index >= 15 is 0 Å². The van der Waals surface area contributed by atoms with Crippen LogP contribution in [0.1, 0.15) is 51.8 Å². The molecule has 1 N–H and O–H groups in total. The largest absolute Gasteiger partial charge is 0.490 e. The van der Waals surface area contributed by atoms with E-state index in [1.807, 2.05) is 37.2 Å². The van der Waals surface area contributed by atoms with Crippen LogP contribution in [0.25, 0.3) is 0 Å². The van der Waals surface area contributed by atoms with Gasteiger partial charge in [-0.15, -0.1) is 0 Å². The number of carbonyl (C=O) groups excluding carboxylic acids is 1. The summed E-state index contributed by atoms with van der Waals surface area (Å²) in [6.45, 7) is 3.25. The van der Waals surface area contributed by atoms with Crippen molar-refractivity contribution in [2.45, 2.75) is 30.9 Å². The van der Waals surface area contributed by atoms with E-state index in [4.69, 9.17) is 4.74 Å². The molecule has 218 valence electrons. The number of benzene rings is 4. The van der Waals surface area contributed by atoms with E-state index in [-0.39, 0.29) is 23.9 Å². The van der Waals surface area contributed by atoms with Crippen LogP contribution >= 0.6 is 0 Å². The van der Waals surface area contributed by atoms with Crippen molar-refractivity contribution in [2.24, 2.45) is 0 Å². The predicted molar refractivity (Wildman–Crippen MR) is 166 cm³/mol. The molecule has 5 rings (SSSR count). The lowest BCUT2D eigenvalue weighted by Crippen LogP contribution is -2.40. The van der Waals surface area contributed by atoms with Crippen LogP contribution in [0.3, 0.4) is 0 Å². The van der Waals surface area contributed by atoms with Crippen molar-refractivity contribution in [1.82, 2.24) is 15.1 Å². The average molecular weight is 566 g/mol. The van der Waals surface area contributed by atoms with Gasteiger partial charge in [0, 0.05) is 43.2 Å². The monoisotopic (exact) mass is 565 g/mol. The Bertz CT molecular complexity index is 1370. The van der Waals surface area contributed by atoms with Gasteiger partial charge in [0.2, 0.25) is 0 Å². The maximum absolute atomic E-state index is 14.3. The fourth-order valence-electron chi connectivity index (χ4n) is 5.73. The molecule has 0 spiro atoms. The highest BCUT2D eigenvalue weighted by Crippen LogP contribution is 2.28. The van der Waals surface area contributed by atoms with Gasteiger partial charge >= 0.3 is 0 Å². The fraction of sp³-hybridized carbons (Fsp3) is 0.306.